The lowest BCUT2D eigenvalue weighted by molar-refractivity contribution is -0.144. The van der Waals surface area contributed by atoms with Crippen molar-refractivity contribution in [2.75, 3.05) is 0 Å². The molecule has 0 bridgehead atoms. The van der Waals surface area contributed by atoms with Crippen molar-refractivity contribution in [1.82, 2.24) is 0 Å². The third-order valence-electron chi connectivity index (χ3n) is 4.31. The number of hydrogen-bond acceptors (Lipinski definition) is 3. The summed E-state index contributed by atoms with van der Waals surface area (Å²) < 4.78 is 24.6. The summed E-state index contributed by atoms with van der Waals surface area (Å²) in [6.07, 6.45) is 1.60. The summed E-state index contributed by atoms with van der Waals surface area (Å²) in [5.41, 5.74) is 1.62. The molecule has 0 fully saturated rings. The zero-order chi connectivity index (χ0) is 18.1. The molecule has 4 aromatic rings. The van der Waals surface area contributed by atoms with Crippen LogP contribution in [-0.2, 0) is 22.6 Å². The molecule has 0 aliphatic rings. The molecule has 3 nitrogen and oxygen atoms in total. The number of carbonyl (C=O) groups is 1. The van der Waals surface area contributed by atoms with Crippen LogP contribution in [0.3, 0.4) is 0 Å². The summed E-state index contributed by atoms with van der Waals surface area (Å²) >= 11 is 5.95. The standard InChI is InChI=1S/C21H14ClFO3/c22-17-6-3-7-18(23)16(17)12-26-20(24)10-14-11-25-19-9-8-13-4-1-2-5-15(13)21(14)19/h1-9,11H,10,12H2. The van der Waals surface area contributed by atoms with E-state index in [4.69, 9.17) is 20.8 Å². The average Bonchev–Trinajstić information content (AvgIpc) is 3.04. The van der Waals surface area contributed by atoms with E-state index in [0.717, 1.165) is 21.7 Å². The van der Waals surface area contributed by atoms with Gasteiger partial charge in [-0.15, -0.1) is 0 Å². The number of benzene rings is 3. The second kappa shape index (κ2) is 6.81. The van der Waals surface area contributed by atoms with Crippen molar-refractivity contribution >= 4 is 39.3 Å². The molecule has 0 spiro atoms. The summed E-state index contributed by atoms with van der Waals surface area (Å²) in [6.45, 7) is -0.207. The predicted octanol–water partition coefficient (Wildman–Crippen LogP) is 5.66. The molecule has 5 heteroatoms. The minimum atomic E-state index is -0.495. The van der Waals surface area contributed by atoms with Crippen LogP contribution >= 0.6 is 11.6 Å². The third kappa shape index (κ3) is 3.04. The molecule has 26 heavy (non-hydrogen) atoms. The minimum Gasteiger partial charge on any atom is -0.464 e. The van der Waals surface area contributed by atoms with E-state index in [1.165, 1.54) is 12.1 Å². The largest absolute Gasteiger partial charge is 0.464 e. The van der Waals surface area contributed by atoms with E-state index in [0.29, 0.717) is 5.58 Å². The first-order chi connectivity index (χ1) is 12.6. The molecule has 1 heterocycles. The van der Waals surface area contributed by atoms with Gasteiger partial charge < -0.3 is 9.15 Å². The monoisotopic (exact) mass is 368 g/mol. The molecule has 0 unspecified atom stereocenters. The Labute approximate surface area is 153 Å². The lowest BCUT2D eigenvalue weighted by atomic mass is 10.0. The van der Waals surface area contributed by atoms with Gasteiger partial charge in [0.1, 0.15) is 18.0 Å². The van der Waals surface area contributed by atoms with Gasteiger partial charge in [-0.05, 0) is 29.0 Å². The van der Waals surface area contributed by atoms with Gasteiger partial charge in [0.25, 0.3) is 0 Å². The molecule has 130 valence electrons. The lowest BCUT2D eigenvalue weighted by Crippen LogP contribution is -2.09. The number of carbonyl (C=O) groups excluding carboxylic acids is 1. The Morgan fingerprint density at radius 3 is 2.77 bits per heavy atom. The van der Waals surface area contributed by atoms with Crippen LogP contribution in [0.1, 0.15) is 11.1 Å². The molecule has 0 amide bonds. The minimum absolute atomic E-state index is 0.0348. The maximum absolute atomic E-state index is 13.8. The smallest absolute Gasteiger partial charge is 0.310 e. The second-order valence-electron chi connectivity index (χ2n) is 5.96. The summed E-state index contributed by atoms with van der Waals surface area (Å²) in [5.74, 6) is -0.968. The van der Waals surface area contributed by atoms with Crippen LogP contribution < -0.4 is 0 Å². The number of halogens is 2. The fourth-order valence-corrected chi connectivity index (χ4v) is 3.25. The SMILES string of the molecule is O=C(Cc1coc2ccc3ccccc3c12)OCc1c(F)cccc1Cl. The summed E-state index contributed by atoms with van der Waals surface area (Å²) in [6, 6.07) is 16.1. The van der Waals surface area contributed by atoms with Crippen molar-refractivity contribution in [2.24, 2.45) is 0 Å². The zero-order valence-corrected chi connectivity index (χ0v) is 14.4. The van der Waals surface area contributed by atoms with Crippen LogP contribution in [0, 0.1) is 5.82 Å². The Bertz CT molecular complexity index is 1100. The zero-order valence-electron chi connectivity index (χ0n) is 13.7. The highest BCUT2D eigenvalue weighted by Gasteiger charge is 2.15. The number of hydrogen-bond donors (Lipinski definition) is 0. The summed E-state index contributed by atoms with van der Waals surface area (Å²) in [7, 11) is 0. The molecule has 0 aliphatic heterocycles. The molecule has 0 N–H and O–H groups in total. The first kappa shape index (κ1) is 16.6. The van der Waals surface area contributed by atoms with E-state index in [-0.39, 0.29) is 23.6 Å². The van der Waals surface area contributed by atoms with Gasteiger partial charge in [0.05, 0.1) is 17.7 Å². The molecular weight excluding hydrogens is 355 g/mol. The van der Waals surface area contributed by atoms with Gasteiger partial charge >= 0.3 is 5.97 Å². The molecule has 0 radical (unpaired) electrons. The fourth-order valence-electron chi connectivity index (χ4n) is 3.03. The van der Waals surface area contributed by atoms with Crippen molar-refractivity contribution in [3.05, 3.63) is 82.8 Å². The first-order valence-electron chi connectivity index (χ1n) is 8.10. The van der Waals surface area contributed by atoms with E-state index in [1.807, 2.05) is 36.4 Å². The van der Waals surface area contributed by atoms with E-state index in [2.05, 4.69) is 0 Å². The van der Waals surface area contributed by atoms with Crippen molar-refractivity contribution in [1.29, 1.82) is 0 Å². The van der Waals surface area contributed by atoms with E-state index in [9.17, 15) is 9.18 Å². The van der Waals surface area contributed by atoms with E-state index in [1.54, 1.807) is 12.3 Å². The third-order valence-corrected chi connectivity index (χ3v) is 4.67. The molecule has 3 aromatic carbocycles. The summed E-state index contributed by atoms with van der Waals surface area (Å²) in [4.78, 5) is 12.3. The van der Waals surface area contributed by atoms with Gasteiger partial charge in [-0.2, -0.15) is 0 Å². The van der Waals surface area contributed by atoms with Crippen LogP contribution in [0.2, 0.25) is 5.02 Å². The molecule has 0 aliphatic carbocycles. The highest BCUT2D eigenvalue weighted by atomic mass is 35.5. The quantitative estimate of drug-likeness (QED) is 0.436. The number of esters is 1. The van der Waals surface area contributed by atoms with E-state index < -0.39 is 11.8 Å². The van der Waals surface area contributed by atoms with Crippen molar-refractivity contribution in [3.8, 4) is 0 Å². The number of furan rings is 1. The Kier molecular flexibility index (Phi) is 4.35. The highest BCUT2D eigenvalue weighted by Crippen LogP contribution is 2.30. The molecule has 0 saturated heterocycles. The number of fused-ring (bicyclic) bond motifs is 3. The van der Waals surface area contributed by atoms with Gasteiger partial charge in [0.2, 0.25) is 0 Å². The second-order valence-corrected chi connectivity index (χ2v) is 6.37. The topological polar surface area (TPSA) is 39.4 Å². The summed E-state index contributed by atoms with van der Waals surface area (Å²) in [5, 5.41) is 3.20. The van der Waals surface area contributed by atoms with Gasteiger partial charge in [-0.3, -0.25) is 4.79 Å². The van der Waals surface area contributed by atoms with Gasteiger partial charge in [-0.1, -0.05) is 48.0 Å². The van der Waals surface area contributed by atoms with Gasteiger partial charge in [-0.25, -0.2) is 4.39 Å². The molecule has 4 rings (SSSR count). The molecule has 1 aromatic heterocycles. The Morgan fingerprint density at radius 1 is 1.08 bits per heavy atom. The van der Waals surface area contributed by atoms with Crippen molar-refractivity contribution in [3.63, 3.8) is 0 Å². The highest BCUT2D eigenvalue weighted by molar-refractivity contribution is 6.31. The van der Waals surface area contributed by atoms with Crippen LogP contribution in [0.4, 0.5) is 4.39 Å². The van der Waals surface area contributed by atoms with Crippen LogP contribution in [0.25, 0.3) is 21.7 Å². The predicted molar refractivity (Wildman–Crippen MR) is 98.6 cm³/mol. The fraction of sp³-hybridized carbons (Fsp3) is 0.0952. The normalized spacial score (nSPS) is 11.2. The van der Waals surface area contributed by atoms with Gasteiger partial charge in [0.15, 0.2) is 0 Å². The molecule has 0 atom stereocenters. The van der Waals surface area contributed by atoms with Gasteiger partial charge in [0, 0.05) is 16.5 Å². The Hall–Kier alpha value is -2.85. The number of ether oxygens (including phenoxy) is 1. The average molecular weight is 369 g/mol. The Balaban J connectivity index is 1.57. The van der Waals surface area contributed by atoms with E-state index >= 15 is 0 Å². The first-order valence-corrected chi connectivity index (χ1v) is 8.47. The van der Waals surface area contributed by atoms with Crippen LogP contribution in [0.15, 0.2) is 65.3 Å². The number of rotatable bonds is 4. The lowest BCUT2D eigenvalue weighted by Gasteiger charge is -2.07. The maximum atomic E-state index is 13.8. The molecule has 0 saturated carbocycles. The van der Waals surface area contributed by atoms with Crippen LogP contribution in [0.5, 0.6) is 0 Å². The van der Waals surface area contributed by atoms with Crippen molar-refractivity contribution < 1.29 is 18.3 Å². The Morgan fingerprint density at radius 2 is 1.92 bits per heavy atom. The maximum Gasteiger partial charge on any atom is 0.310 e. The van der Waals surface area contributed by atoms with Crippen molar-refractivity contribution in [2.45, 2.75) is 13.0 Å². The van der Waals surface area contributed by atoms with Crippen LogP contribution in [-0.4, -0.2) is 5.97 Å². The molecular formula is C21H14ClFO3.